The molecule has 2 rings (SSSR count). The standard InChI is InChI=1S/C15H22N4O/c1-6-19-12(4)14(11(3)18-19)10(2)17-13-8-7-9-16-15(13)20-5/h7-10,17H,6H2,1-5H3. The number of ether oxygens (including phenoxy) is 1. The van der Waals surface area contributed by atoms with E-state index in [1.807, 2.05) is 23.7 Å². The zero-order chi connectivity index (χ0) is 14.7. The fourth-order valence-electron chi connectivity index (χ4n) is 2.61. The highest BCUT2D eigenvalue weighted by Crippen LogP contribution is 2.28. The lowest BCUT2D eigenvalue weighted by atomic mass is 10.1. The maximum Gasteiger partial charge on any atom is 0.237 e. The van der Waals surface area contributed by atoms with E-state index in [0.717, 1.165) is 17.9 Å². The second-order valence-corrected chi connectivity index (χ2v) is 4.83. The van der Waals surface area contributed by atoms with Gasteiger partial charge in [0, 0.05) is 24.0 Å². The van der Waals surface area contributed by atoms with Gasteiger partial charge in [0.15, 0.2) is 0 Å². The van der Waals surface area contributed by atoms with Crippen molar-refractivity contribution in [1.29, 1.82) is 0 Å². The molecular formula is C15H22N4O. The van der Waals surface area contributed by atoms with Gasteiger partial charge in [-0.25, -0.2) is 4.98 Å². The molecule has 0 aliphatic heterocycles. The number of hydrogen-bond acceptors (Lipinski definition) is 4. The van der Waals surface area contributed by atoms with E-state index in [9.17, 15) is 0 Å². The molecule has 0 aliphatic rings. The summed E-state index contributed by atoms with van der Waals surface area (Å²) in [5.41, 5.74) is 4.39. The molecule has 0 amide bonds. The molecule has 0 aromatic carbocycles. The van der Waals surface area contributed by atoms with Crippen LogP contribution >= 0.6 is 0 Å². The highest BCUT2D eigenvalue weighted by molar-refractivity contribution is 5.54. The summed E-state index contributed by atoms with van der Waals surface area (Å²) >= 11 is 0. The number of anilines is 1. The van der Waals surface area contributed by atoms with E-state index < -0.39 is 0 Å². The van der Waals surface area contributed by atoms with Crippen LogP contribution in [0.4, 0.5) is 5.69 Å². The highest BCUT2D eigenvalue weighted by atomic mass is 16.5. The molecule has 1 atom stereocenters. The van der Waals surface area contributed by atoms with Crippen molar-refractivity contribution in [2.75, 3.05) is 12.4 Å². The fourth-order valence-corrected chi connectivity index (χ4v) is 2.61. The van der Waals surface area contributed by atoms with E-state index in [4.69, 9.17) is 4.74 Å². The highest BCUT2D eigenvalue weighted by Gasteiger charge is 2.18. The first-order valence-corrected chi connectivity index (χ1v) is 6.87. The summed E-state index contributed by atoms with van der Waals surface area (Å²) in [4.78, 5) is 4.20. The van der Waals surface area contributed by atoms with Crippen molar-refractivity contribution >= 4 is 5.69 Å². The van der Waals surface area contributed by atoms with Gasteiger partial charge < -0.3 is 10.1 Å². The van der Waals surface area contributed by atoms with Crippen LogP contribution in [0.25, 0.3) is 0 Å². The SMILES string of the molecule is CCn1nc(C)c(C(C)Nc2cccnc2OC)c1C. The van der Waals surface area contributed by atoms with Crippen LogP contribution in [0.15, 0.2) is 18.3 Å². The molecule has 20 heavy (non-hydrogen) atoms. The van der Waals surface area contributed by atoms with Gasteiger partial charge in [-0.15, -0.1) is 0 Å². The number of pyridine rings is 1. The normalized spacial score (nSPS) is 12.2. The van der Waals surface area contributed by atoms with Crippen molar-refractivity contribution in [2.24, 2.45) is 0 Å². The van der Waals surface area contributed by atoms with Crippen molar-refractivity contribution in [3.05, 3.63) is 35.3 Å². The zero-order valence-corrected chi connectivity index (χ0v) is 12.8. The van der Waals surface area contributed by atoms with Gasteiger partial charge in [-0.05, 0) is 39.8 Å². The minimum atomic E-state index is 0.147. The van der Waals surface area contributed by atoms with E-state index in [-0.39, 0.29) is 6.04 Å². The van der Waals surface area contributed by atoms with E-state index in [0.29, 0.717) is 5.88 Å². The minimum Gasteiger partial charge on any atom is -0.480 e. The molecule has 108 valence electrons. The van der Waals surface area contributed by atoms with Gasteiger partial charge in [-0.2, -0.15) is 5.10 Å². The maximum absolute atomic E-state index is 5.27. The van der Waals surface area contributed by atoms with Crippen LogP contribution in [0.3, 0.4) is 0 Å². The number of nitrogens with one attached hydrogen (secondary N) is 1. The second-order valence-electron chi connectivity index (χ2n) is 4.83. The predicted molar refractivity (Wildman–Crippen MR) is 80.2 cm³/mol. The van der Waals surface area contributed by atoms with Crippen molar-refractivity contribution in [2.45, 2.75) is 40.3 Å². The van der Waals surface area contributed by atoms with Crippen LogP contribution in [0.5, 0.6) is 5.88 Å². The van der Waals surface area contributed by atoms with Crippen molar-refractivity contribution in [3.8, 4) is 5.88 Å². The topological polar surface area (TPSA) is 52.0 Å². The Bertz CT molecular complexity index is 592. The van der Waals surface area contributed by atoms with Gasteiger partial charge >= 0.3 is 0 Å². The Balaban J connectivity index is 2.28. The van der Waals surface area contributed by atoms with Crippen LogP contribution < -0.4 is 10.1 Å². The Labute approximate surface area is 120 Å². The van der Waals surface area contributed by atoms with Gasteiger partial charge in [-0.3, -0.25) is 4.68 Å². The summed E-state index contributed by atoms with van der Waals surface area (Å²) in [6, 6.07) is 4.01. The number of methoxy groups -OCH3 is 1. The number of rotatable bonds is 5. The Morgan fingerprint density at radius 1 is 1.40 bits per heavy atom. The molecule has 0 spiro atoms. The van der Waals surface area contributed by atoms with E-state index >= 15 is 0 Å². The largest absolute Gasteiger partial charge is 0.480 e. The minimum absolute atomic E-state index is 0.147. The molecular weight excluding hydrogens is 252 g/mol. The van der Waals surface area contributed by atoms with Crippen LogP contribution in [0, 0.1) is 13.8 Å². The third kappa shape index (κ3) is 2.61. The molecule has 0 saturated carbocycles. The average molecular weight is 274 g/mol. The molecule has 5 heteroatoms. The first-order chi connectivity index (χ1) is 9.58. The van der Waals surface area contributed by atoms with E-state index in [1.165, 1.54) is 11.3 Å². The van der Waals surface area contributed by atoms with E-state index in [1.54, 1.807) is 13.3 Å². The zero-order valence-electron chi connectivity index (χ0n) is 12.8. The number of nitrogens with zero attached hydrogens (tertiary/aromatic N) is 3. The van der Waals surface area contributed by atoms with Crippen LogP contribution in [0.1, 0.15) is 36.8 Å². The van der Waals surface area contributed by atoms with Gasteiger partial charge in [0.1, 0.15) is 0 Å². The number of hydrogen-bond donors (Lipinski definition) is 1. The first kappa shape index (κ1) is 14.4. The predicted octanol–water partition coefficient (Wildman–Crippen LogP) is 3.10. The molecule has 0 radical (unpaired) electrons. The Morgan fingerprint density at radius 2 is 2.15 bits per heavy atom. The second kappa shape index (κ2) is 5.94. The summed E-state index contributed by atoms with van der Waals surface area (Å²) in [6.45, 7) is 9.27. The lowest BCUT2D eigenvalue weighted by molar-refractivity contribution is 0.399. The maximum atomic E-state index is 5.27. The lowest BCUT2D eigenvalue weighted by Crippen LogP contribution is -2.10. The van der Waals surface area contributed by atoms with Crippen molar-refractivity contribution in [1.82, 2.24) is 14.8 Å². The molecule has 2 heterocycles. The molecule has 5 nitrogen and oxygen atoms in total. The monoisotopic (exact) mass is 274 g/mol. The van der Waals surface area contributed by atoms with Crippen LogP contribution in [-0.2, 0) is 6.54 Å². The van der Waals surface area contributed by atoms with Crippen molar-refractivity contribution < 1.29 is 4.74 Å². The van der Waals surface area contributed by atoms with Gasteiger partial charge in [0.25, 0.3) is 0 Å². The first-order valence-electron chi connectivity index (χ1n) is 6.87. The fraction of sp³-hybridized carbons (Fsp3) is 0.467. The van der Waals surface area contributed by atoms with Crippen LogP contribution in [-0.4, -0.2) is 21.9 Å². The molecule has 2 aromatic rings. The van der Waals surface area contributed by atoms with Gasteiger partial charge in [0.05, 0.1) is 24.5 Å². The molecule has 0 saturated heterocycles. The molecule has 1 N–H and O–H groups in total. The quantitative estimate of drug-likeness (QED) is 0.910. The molecule has 2 aromatic heterocycles. The summed E-state index contributed by atoms with van der Waals surface area (Å²) < 4.78 is 7.31. The molecule has 1 unspecified atom stereocenters. The third-order valence-corrected chi connectivity index (χ3v) is 3.51. The summed E-state index contributed by atoms with van der Waals surface area (Å²) in [7, 11) is 1.63. The molecule has 0 aliphatic carbocycles. The average Bonchev–Trinajstić information content (AvgIpc) is 2.73. The number of aryl methyl sites for hydroxylation is 2. The number of aromatic nitrogens is 3. The third-order valence-electron chi connectivity index (χ3n) is 3.51. The summed E-state index contributed by atoms with van der Waals surface area (Å²) in [6.07, 6.45) is 1.72. The Hall–Kier alpha value is -2.04. The molecule has 0 bridgehead atoms. The summed E-state index contributed by atoms with van der Waals surface area (Å²) in [5.74, 6) is 0.609. The van der Waals surface area contributed by atoms with Crippen LogP contribution in [0.2, 0.25) is 0 Å². The van der Waals surface area contributed by atoms with Crippen molar-refractivity contribution in [3.63, 3.8) is 0 Å². The van der Waals surface area contributed by atoms with Gasteiger partial charge in [0.2, 0.25) is 5.88 Å². The summed E-state index contributed by atoms with van der Waals surface area (Å²) in [5, 5.41) is 8.02. The van der Waals surface area contributed by atoms with Gasteiger partial charge in [-0.1, -0.05) is 0 Å². The smallest absolute Gasteiger partial charge is 0.237 e. The van der Waals surface area contributed by atoms with E-state index in [2.05, 4.69) is 36.2 Å². The molecule has 0 fully saturated rings. The lowest BCUT2D eigenvalue weighted by Gasteiger charge is -2.17. The Kier molecular flexibility index (Phi) is 4.27. The Morgan fingerprint density at radius 3 is 2.75 bits per heavy atom.